The van der Waals surface area contributed by atoms with Crippen LogP contribution >= 0.6 is 15.9 Å². The first-order chi connectivity index (χ1) is 7.00. The SMILES string of the molecule is CC(C(=N)N)N(C)Cc1cccc(Br)c1. The van der Waals surface area contributed by atoms with Gasteiger partial charge in [-0.15, -0.1) is 0 Å². The van der Waals surface area contributed by atoms with Crippen molar-refractivity contribution in [3.05, 3.63) is 34.3 Å². The minimum absolute atomic E-state index is 0.0241. The van der Waals surface area contributed by atoms with Crippen LogP contribution in [0.15, 0.2) is 28.7 Å². The summed E-state index contributed by atoms with van der Waals surface area (Å²) in [7, 11) is 1.97. The molecular formula is C11H16BrN3. The molecule has 1 unspecified atom stereocenters. The monoisotopic (exact) mass is 269 g/mol. The van der Waals surface area contributed by atoms with Gasteiger partial charge in [0.15, 0.2) is 0 Å². The molecule has 0 radical (unpaired) electrons. The van der Waals surface area contributed by atoms with Crippen LogP contribution in [0.25, 0.3) is 0 Å². The Hall–Kier alpha value is -0.870. The van der Waals surface area contributed by atoms with E-state index in [1.54, 1.807) is 0 Å². The topological polar surface area (TPSA) is 53.1 Å². The van der Waals surface area contributed by atoms with Gasteiger partial charge in [0.2, 0.25) is 0 Å². The fraction of sp³-hybridized carbons (Fsp3) is 0.364. The summed E-state index contributed by atoms with van der Waals surface area (Å²) >= 11 is 3.43. The maximum Gasteiger partial charge on any atom is 0.108 e. The minimum atomic E-state index is -0.0241. The van der Waals surface area contributed by atoms with Crippen molar-refractivity contribution in [2.24, 2.45) is 5.73 Å². The number of nitrogens with one attached hydrogen (secondary N) is 1. The maximum absolute atomic E-state index is 7.37. The van der Waals surface area contributed by atoms with Crippen LogP contribution < -0.4 is 5.73 Å². The van der Waals surface area contributed by atoms with Gasteiger partial charge in [0.25, 0.3) is 0 Å². The molecule has 1 rings (SSSR count). The molecule has 1 aromatic carbocycles. The van der Waals surface area contributed by atoms with Crippen LogP contribution in [-0.4, -0.2) is 23.8 Å². The van der Waals surface area contributed by atoms with Crippen molar-refractivity contribution in [1.82, 2.24) is 4.90 Å². The molecule has 1 atom stereocenters. The van der Waals surface area contributed by atoms with E-state index in [9.17, 15) is 0 Å². The second-order valence-corrected chi connectivity index (χ2v) is 4.59. The predicted octanol–water partition coefficient (Wildman–Crippen LogP) is 2.21. The number of halogens is 1. The van der Waals surface area contributed by atoms with Crippen LogP contribution in [-0.2, 0) is 6.54 Å². The largest absolute Gasteiger partial charge is 0.386 e. The summed E-state index contributed by atoms with van der Waals surface area (Å²) in [6.07, 6.45) is 0. The smallest absolute Gasteiger partial charge is 0.108 e. The van der Waals surface area contributed by atoms with E-state index in [1.807, 2.05) is 31.0 Å². The number of amidine groups is 1. The number of benzene rings is 1. The van der Waals surface area contributed by atoms with Gasteiger partial charge in [-0.2, -0.15) is 0 Å². The Morgan fingerprint density at radius 2 is 2.27 bits per heavy atom. The normalized spacial score (nSPS) is 12.8. The Morgan fingerprint density at radius 1 is 1.60 bits per heavy atom. The Labute approximate surface area is 98.9 Å². The average Bonchev–Trinajstić information content (AvgIpc) is 2.16. The van der Waals surface area contributed by atoms with E-state index in [0.717, 1.165) is 11.0 Å². The van der Waals surface area contributed by atoms with Crippen LogP contribution in [0, 0.1) is 5.41 Å². The highest BCUT2D eigenvalue weighted by Gasteiger charge is 2.11. The van der Waals surface area contributed by atoms with Crippen molar-refractivity contribution in [1.29, 1.82) is 5.41 Å². The lowest BCUT2D eigenvalue weighted by molar-refractivity contribution is 0.301. The highest BCUT2D eigenvalue weighted by Crippen LogP contribution is 2.13. The third kappa shape index (κ3) is 3.64. The van der Waals surface area contributed by atoms with Gasteiger partial charge < -0.3 is 5.73 Å². The number of nitrogens with two attached hydrogens (primary N) is 1. The van der Waals surface area contributed by atoms with Crippen LogP contribution in [0.5, 0.6) is 0 Å². The number of rotatable bonds is 4. The average molecular weight is 270 g/mol. The molecular weight excluding hydrogens is 254 g/mol. The van der Waals surface area contributed by atoms with E-state index in [2.05, 4.69) is 28.1 Å². The first kappa shape index (κ1) is 12.2. The molecule has 0 aromatic heterocycles. The minimum Gasteiger partial charge on any atom is -0.386 e. The highest BCUT2D eigenvalue weighted by molar-refractivity contribution is 9.10. The van der Waals surface area contributed by atoms with Gasteiger partial charge >= 0.3 is 0 Å². The lowest BCUT2D eigenvalue weighted by Gasteiger charge is -2.23. The molecule has 0 amide bonds. The standard InChI is InChI=1S/C11H16BrN3/c1-8(11(13)14)15(2)7-9-4-3-5-10(12)6-9/h3-6,8H,7H2,1-2H3,(H3,13,14). The lowest BCUT2D eigenvalue weighted by atomic mass is 10.2. The van der Waals surface area contributed by atoms with Gasteiger partial charge in [-0.25, -0.2) is 0 Å². The van der Waals surface area contributed by atoms with Crippen molar-refractivity contribution in [3.8, 4) is 0 Å². The number of likely N-dealkylation sites (N-methyl/N-ethyl adjacent to an activating group) is 1. The summed E-state index contributed by atoms with van der Waals surface area (Å²) in [4.78, 5) is 2.05. The van der Waals surface area contributed by atoms with Gasteiger partial charge in [-0.3, -0.25) is 10.3 Å². The first-order valence-corrected chi connectivity index (χ1v) is 5.58. The Bertz CT molecular complexity index is 351. The van der Waals surface area contributed by atoms with Gasteiger partial charge in [0.05, 0.1) is 6.04 Å². The predicted molar refractivity (Wildman–Crippen MR) is 67.0 cm³/mol. The first-order valence-electron chi connectivity index (χ1n) is 4.79. The Morgan fingerprint density at radius 3 is 2.80 bits per heavy atom. The van der Waals surface area contributed by atoms with E-state index in [4.69, 9.17) is 11.1 Å². The molecule has 0 fully saturated rings. The van der Waals surface area contributed by atoms with Crippen LogP contribution in [0.1, 0.15) is 12.5 Å². The van der Waals surface area contributed by atoms with Crippen molar-refractivity contribution in [2.45, 2.75) is 19.5 Å². The Kier molecular flexibility index (Phi) is 4.29. The third-order valence-corrected chi connectivity index (χ3v) is 2.93. The van der Waals surface area contributed by atoms with Gasteiger partial charge in [0, 0.05) is 11.0 Å². The molecule has 0 aliphatic heterocycles. The summed E-state index contributed by atoms with van der Waals surface area (Å²) in [5.41, 5.74) is 6.66. The summed E-state index contributed by atoms with van der Waals surface area (Å²) < 4.78 is 1.07. The lowest BCUT2D eigenvalue weighted by Crippen LogP contribution is -2.39. The van der Waals surface area contributed by atoms with Gasteiger partial charge in [-0.1, -0.05) is 28.1 Å². The molecule has 15 heavy (non-hydrogen) atoms. The summed E-state index contributed by atoms with van der Waals surface area (Å²) in [6.45, 7) is 2.72. The van der Waals surface area contributed by atoms with E-state index in [0.29, 0.717) is 0 Å². The molecule has 0 saturated carbocycles. The van der Waals surface area contributed by atoms with Crippen molar-refractivity contribution in [2.75, 3.05) is 7.05 Å². The van der Waals surface area contributed by atoms with Crippen LogP contribution in [0.4, 0.5) is 0 Å². The molecule has 0 aliphatic carbocycles. The molecule has 0 heterocycles. The zero-order chi connectivity index (χ0) is 11.4. The van der Waals surface area contributed by atoms with Crippen molar-refractivity contribution >= 4 is 21.8 Å². The van der Waals surface area contributed by atoms with Crippen molar-refractivity contribution < 1.29 is 0 Å². The van der Waals surface area contributed by atoms with E-state index in [-0.39, 0.29) is 11.9 Å². The zero-order valence-electron chi connectivity index (χ0n) is 9.00. The van der Waals surface area contributed by atoms with Crippen LogP contribution in [0.2, 0.25) is 0 Å². The van der Waals surface area contributed by atoms with Gasteiger partial charge in [0.1, 0.15) is 5.84 Å². The van der Waals surface area contributed by atoms with Crippen molar-refractivity contribution in [3.63, 3.8) is 0 Å². The maximum atomic E-state index is 7.37. The fourth-order valence-electron chi connectivity index (χ4n) is 1.30. The zero-order valence-corrected chi connectivity index (χ0v) is 10.6. The number of hydrogen-bond donors (Lipinski definition) is 2. The van der Waals surface area contributed by atoms with E-state index < -0.39 is 0 Å². The summed E-state index contributed by atoms with van der Waals surface area (Å²) in [5.74, 6) is 0.201. The molecule has 0 bridgehead atoms. The van der Waals surface area contributed by atoms with E-state index in [1.165, 1.54) is 5.56 Å². The molecule has 0 saturated heterocycles. The second kappa shape index (κ2) is 5.28. The van der Waals surface area contributed by atoms with E-state index >= 15 is 0 Å². The number of nitrogens with zero attached hydrogens (tertiary/aromatic N) is 1. The van der Waals surface area contributed by atoms with Crippen LogP contribution in [0.3, 0.4) is 0 Å². The molecule has 3 nitrogen and oxygen atoms in total. The molecule has 0 aliphatic rings. The number of hydrogen-bond acceptors (Lipinski definition) is 2. The summed E-state index contributed by atoms with van der Waals surface area (Å²) in [6, 6.07) is 8.12. The van der Waals surface area contributed by atoms with Gasteiger partial charge in [-0.05, 0) is 31.7 Å². The molecule has 3 N–H and O–H groups in total. The summed E-state index contributed by atoms with van der Waals surface area (Å²) in [5, 5.41) is 7.37. The highest BCUT2D eigenvalue weighted by atomic mass is 79.9. The second-order valence-electron chi connectivity index (χ2n) is 3.68. The third-order valence-electron chi connectivity index (χ3n) is 2.43. The Balaban J connectivity index is 2.66. The molecule has 82 valence electrons. The quantitative estimate of drug-likeness (QED) is 0.651. The molecule has 4 heteroatoms. The molecule has 1 aromatic rings. The fourth-order valence-corrected chi connectivity index (χ4v) is 1.74. The molecule has 0 spiro atoms.